The number of hydrogen-bond acceptors (Lipinski definition) is 4. The van der Waals surface area contributed by atoms with Crippen LogP contribution in [0, 0.1) is 0 Å². The first kappa shape index (κ1) is 20.1. The van der Waals surface area contributed by atoms with Crippen molar-refractivity contribution in [1.29, 1.82) is 0 Å². The average Bonchev–Trinajstić information content (AvgIpc) is 2.64. The minimum Gasteiger partial charge on any atom is -0.544 e. The van der Waals surface area contributed by atoms with Crippen molar-refractivity contribution in [2.45, 2.75) is 27.6 Å². The van der Waals surface area contributed by atoms with Crippen molar-refractivity contribution in [1.82, 2.24) is 0 Å². The van der Waals surface area contributed by atoms with Gasteiger partial charge in [0.1, 0.15) is 5.97 Å². The Morgan fingerprint density at radius 3 is 1.64 bits per heavy atom. The maximum absolute atomic E-state index is 14.3. The maximum Gasteiger partial charge on any atom is 0.393 e. The van der Waals surface area contributed by atoms with E-state index in [9.17, 15) is 41.0 Å². The summed E-state index contributed by atoms with van der Waals surface area (Å²) in [5.41, 5.74) is -0.466. The van der Waals surface area contributed by atoms with Crippen LogP contribution in [0.5, 0.6) is 0 Å². The van der Waals surface area contributed by atoms with Gasteiger partial charge in [-0.3, -0.25) is 9.69 Å². The number of carboxylic acids is 1. The third-order valence-corrected chi connectivity index (χ3v) is 5.08. The van der Waals surface area contributed by atoms with Gasteiger partial charge < -0.3 is 9.90 Å². The Morgan fingerprint density at radius 1 is 0.786 bits per heavy atom. The Balaban J connectivity index is 2.16. The maximum atomic E-state index is 14.3. The van der Waals surface area contributed by atoms with Gasteiger partial charge in [-0.05, 0) is 24.3 Å². The van der Waals surface area contributed by atoms with Gasteiger partial charge >= 0.3 is 23.7 Å². The van der Waals surface area contributed by atoms with Crippen LogP contribution in [0.1, 0.15) is 0 Å². The normalized spacial score (nSPS) is 14.3. The number of carbonyl (C=O) groups excluding carboxylic acids is 2. The molecular weight excluding hydrogens is 412 g/mol. The van der Waals surface area contributed by atoms with Crippen molar-refractivity contribution in [2.75, 3.05) is 4.90 Å². The molecule has 0 radical (unpaired) electrons. The van der Waals surface area contributed by atoms with Gasteiger partial charge in [0, 0.05) is 9.79 Å². The van der Waals surface area contributed by atoms with Gasteiger partial charge in [0.25, 0.3) is 0 Å². The number of para-hydroxylation sites is 2. The summed E-state index contributed by atoms with van der Waals surface area (Å²) < 4.78 is 82.8. The van der Waals surface area contributed by atoms with Crippen LogP contribution >= 0.6 is 11.8 Å². The zero-order valence-electron chi connectivity index (χ0n) is 13.5. The monoisotopic (exact) mass is 420 g/mol. The van der Waals surface area contributed by atoms with Crippen LogP contribution in [0.4, 0.5) is 37.7 Å². The number of halogens is 6. The van der Waals surface area contributed by atoms with Crippen molar-refractivity contribution < 1.29 is 41.0 Å². The number of alkyl halides is 6. The summed E-state index contributed by atoms with van der Waals surface area (Å²) in [6.07, 6.45) is 0. The molecule has 0 unspecified atom stereocenters. The van der Waals surface area contributed by atoms with Gasteiger partial charge in [-0.1, -0.05) is 36.0 Å². The summed E-state index contributed by atoms with van der Waals surface area (Å²) >= 11 is 1.05. The van der Waals surface area contributed by atoms with Gasteiger partial charge in [-0.2, -0.15) is 26.3 Å². The summed E-state index contributed by atoms with van der Waals surface area (Å²) in [6, 6.07) is 10.8. The Kier molecular flexibility index (Phi) is 4.61. The third-order valence-electron chi connectivity index (χ3n) is 3.95. The van der Waals surface area contributed by atoms with E-state index in [0.717, 1.165) is 11.8 Å². The lowest BCUT2D eigenvalue weighted by atomic mass is 10.0. The second kappa shape index (κ2) is 6.43. The topological polar surface area (TPSA) is 60.4 Å². The second-order valence-corrected chi connectivity index (χ2v) is 6.77. The highest BCUT2D eigenvalue weighted by molar-refractivity contribution is 7.99. The molecule has 0 fully saturated rings. The summed E-state index contributed by atoms with van der Waals surface area (Å²) in [5.74, 6) is -25.3. The summed E-state index contributed by atoms with van der Waals surface area (Å²) in [6.45, 7) is 0. The molecule has 4 nitrogen and oxygen atoms in total. The van der Waals surface area contributed by atoms with Crippen LogP contribution in [0.25, 0.3) is 0 Å². The van der Waals surface area contributed by atoms with Crippen molar-refractivity contribution in [2.24, 2.45) is 0 Å². The molecule has 2 aromatic carbocycles. The molecule has 11 heteroatoms. The van der Waals surface area contributed by atoms with E-state index in [-0.39, 0.29) is 26.1 Å². The van der Waals surface area contributed by atoms with E-state index in [1.165, 1.54) is 48.5 Å². The van der Waals surface area contributed by atoms with Crippen LogP contribution in [0.3, 0.4) is 0 Å². The molecule has 1 heterocycles. The second-order valence-electron chi connectivity index (χ2n) is 5.69. The van der Waals surface area contributed by atoms with Gasteiger partial charge in [-0.25, -0.2) is 0 Å². The Bertz CT molecular complexity index is 920. The number of carboxylic acid groups (broad SMARTS) is 1. The minimum absolute atomic E-state index is 0.181. The number of fused-ring (bicyclic) bond motifs is 2. The van der Waals surface area contributed by atoms with Crippen molar-refractivity contribution in [3.8, 4) is 0 Å². The Labute approximate surface area is 157 Å². The molecule has 0 saturated heterocycles. The van der Waals surface area contributed by atoms with E-state index in [2.05, 4.69) is 0 Å². The number of rotatable bonds is 4. The average molecular weight is 420 g/mol. The predicted molar refractivity (Wildman–Crippen MR) is 84.0 cm³/mol. The molecule has 3 rings (SSSR count). The first-order valence-electron chi connectivity index (χ1n) is 7.48. The molecule has 148 valence electrons. The number of hydrogen-bond donors (Lipinski definition) is 0. The van der Waals surface area contributed by atoms with E-state index < -0.39 is 29.6 Å². The standard InChI is InChI=1S/C17H9F6NO3S/c18-15(19,17(22,23)16(20,21)14(26)27)13(25)24-9-5-1-3-7-11(9)28-12-8-4-2-6-10(12)24/h1-8H,(H,26,27)/p-1. The fourth-order valence-electron chi connectivity index (χ4n) is 2.52. The Hall–Kier alpha value is -2.69. The zero-order valence-corrected chi connectivity index (χ0v) is 14.3. The molecule has 0 aromatic heterocycles. The third kappa shape index (κ3) is 2.72. The van der Waals surface area contributed by atoms with Crippen LogP contribution in [0.2, 0.25) is 0 Å². The summed E-state index contributed by atoms with van der Waals surface area (Å²) in [4.78, 5) is 23.4. The quantitative estimate of drug-likeness (QED) is 0.711. The predicted octanol–water partition coefficient (Wildman–Crippen LogP) is 3.47. The smallest absolute Gasteiger partial charge is 0.393 e. The van der Waals surface area contributed by atoms with Crippen LogP contribution in [0.15, 0.2) is 58.3 Å². The fourth-order valence-corrected chi connectivity index (χ4v) is 3.58. The lowest BCUT2D eigenvalue weighted by Gasteiger charge is -2.37. The largest absolute Gasteiger partial charge is 0.544 e. The van der Waals surface area contributed by atoms with Crippen molar-refractivity contribution in [3.63, 3.8) is 0 Å². The van der Waals surface area contributed by atoms with Gasteiger partial charge in [0.15, 0.2) is 0 Å². The number of anilines is 2. The Morgan fingerprint density at radius 2 is 1.21 bits per heavy atom. The van der Waals surface area contributed by atoms with Gasteiger partial charge in [-0.15, -0.1) is 0 Å². The zero-order chi connectivity index (χ0) is 20.9. The highest BCUT2D eigenvalue weighted by Gasteiger charge is 2.76. The van der Waals surface area contributed by atoms with Crippen LogP contribution in [-0.4, -0.2) is 29.6 Å². The molecule has 1 aliphatic heterocycles. The molecule has 0 N–H and O–H groups in total. The molecule has 0 saturated carbocycles. The van der Waals surface area contributed by atoms with Gasteiger partial charge in [0.2, 0.25) is 0 Å². The first-order chi connectivity index (χ1) is 12.9. The first-order valence-corrected chi connectivity index (χ1v) is 8.30. The molecule has 0 bridgehead atoms. The van der Waals surface area contributed by atoms with Crippen LogP contribution < -0.4 is 10.0 Å². The highest BCUT2D eigenvalue weighted by Crippen LogP contribution is 2.52. The molecule has 2 aromatic rings. The molecule has 0 spiro atoms. The molecule has 28 heavy (non-hydrogen) atoms. The summed E-state index contributed by atoms with van der Waals surface area (Å²) in [5, 5.41) is 10.3. The molecule has 1 aliphatic rings. The molecule has 0 aliphatic carbocycles. The lowest BCUT2D eigenvalue weighted by Crippen LogP contribution is -2.65. The minimum atomic E-state index is -6.54. The SMILES string of the molecule is O=C([O-])C(F)(F)C(F)(F)C(F)(F)C(=O)N1c2ccccc2Sc2ccccc21. The van der Waals surface area contributed by atoms with Crippen LogP contribution in [-0.2, 0) is 9.59 Å². The van der Waals surface area contributed by atoms with E-state index >= 15 is 0 Å². The number of benzene rings is 2. The highest BCUT2D eigenvalue weighted by atomic mass is 32.2. The number of aliphatic carboxylic acids is 1. The van der Waals surface area contributed by atoms with Gasteiger partial charge in [0.05, 0.1) is 11.4 Å². The number of carbonyl (C=O) groups is 2. The molecule has 0 atom stereocenters. The lowest BCUT2D eigenvalue weighted by molar-refractivity contribution is -0.364. The number of nitrogens with zero attached hydrogens (tertiary/aromatic N) is 1. The van der Waals surface area contributed by atoms with Crippen molar-refractivity contribution >= 4 is 35.0 Å². The number of amides is 1. The van der Waals surface area contributed by atoms with E-state index in [4.69, 9.17) is 0 Å². The van der Waals surface area contributed by atoms with E-state index in [1.54, 1.807) is 0 Å². The molecular formula is C17H8F6NO3S-. The van der Waals surface area contributed by atoms with E-state index in [1.807, 2.05) is 0 Å². The molecule has 1 amide bonds. The summed E-state index contributed by atoms with van der Waals surface area (Å²) in [7, 11) is 0. The van der Waals surface area contributed by atoms with E-state index in [0.29, 0.717) is 0 Å². The fraction of sp³-hybridized carbons (Fsp3) is 0.176. The van der Waals surface area contributed by atoms with Crippen molar-refractivity contribution in [3.05, 3.63) is 48.5 Å².